The standard InChI is InChI=1S/C11H23N3O2S/c1-9(2)13-10(11(12)15)3-4-14-5-7-17(16)8-6-14/h9-10,13H,3-8H2,1-2H3,(H2,12,15). The number of rotatable bonds is 6. The number of amides is 1. The lowest BCUT2D eigenvalue weighted by atomic mass is 10.1. The SMILES string of the molecule is CC(C)NC(CCN1CCS(=O)CC1)C(N)=O. The van der Waals surface area contributed by atoms with Crippen LogP contribution in [0.5, 0.6) is 0 Å². The Morgan fingerprint density at radius 1 is 1.41 bits per heavy atom. The Kier molecular flexibility index (Phi) is 6.08. The second-order valence-corrected chi connectivity index (χ2v) is 6.45. The predicted octanol–water partition coefficient (Wildman–Crippen LogP) is -0.707. The summed E-state index contributed by atoms with van der Waals surface area (Å²) in [6.07, 6.45) is 0.722. The van der Waals surface area contributed by atoms with E-state index in [1.54, 1.807) is 0 Å². The highest BCUT2D eigenvalue weighted by Crippen LogP contribution is 2.03. The lowest BCUT2D eigenvalue weighted by Crippen LogP contribution is -2.47. The fourth-order valence-corrected chi connectivity index (χ4v) is 3.05. The molecule has 1 saturated heterocycles. The van der Waals surface area contributed by atoms with E-state index < -0.39 is 10.8 Å². The van der Waals surface area contributed by atoms with Crippen LogP contribution in [0.3, 0.4) is 0 Å². The third-order valence-electron chi connectivity index (χ3n) is 2.88. The van der Waals surface area contributed by atoms with E-state index in [-0.39, 0.29) is 18.0 Å². The maximum absolute atomic E-state index is 11.3. The van der Waals surface area contributed by atoms with Crippen molar-refractivity contribution in [2.45, 2.75) is 32.4 Å². The van der Waals surface area contributed by atoms with Crippen LogP contribution in [0.2, 0.25) is 0 Å². The minimum absolute atomic E-state index is 0.251. The van der Waals surface area contributed by atoms with Crippen LogP contribution in [0.4, 0.5) is 0 Å². The monoisotopic (exact) mass is 261 g/mol. The first-order chi connectivity index (χ1) is 7.99. The second-order valence-electron chi connectivity index (χ2n) is 4.75. The highest BCUT2D eigenvalue weighted by atomic mass is 32.2. The Labute approximate surface area is 106 Å². The maximum atomic E-state index is 11.3. The van der Waals surface area contributed by atoms with E-state index in [1.165, 1.54) is 0 Å². The summed E-state index contributed by atoms with van der Waals surface area (Å²) < 4.78 is 11.2. The highest BCUT2D eigenvalue weighted by molar-refractivity contribution is 7.85. The fourth-order valence-electron chi connectivity index (χ4n) is 1.92. The van der Waals surface area contributed by atoms with Gasteiger partial charge in [0.1, 0.15) is 0 Å². The average molecular weight is 261 g/mol. The van der Waals surface area contributed by atoms with Crippen LogP contribution in [0.15, 0.2) is 0 Å². The Balaban J connectivity index is 2.31. The van der Waals surface area contributed by atoms with Crippen molar-refractivity contribution in [3.8, 4) is 0 Å². The van der Waals surface area contributed by atoms with Gasteiger partial charge in [-0.05, 0) is 6.42 Å². The van der Waals surface area contributed by atoms with Crippen LogP contribution in [0.25, 0.3) is 0 Å². The van der Waals surface area contributed by atoms with Gasteiger partial charge in [-0.2, -0.15) is 0 Å². The molecule has 1 rings (SSSR count). The van der Waals surface area contributed by atoms with E-state index in [4.69, 9.17) is 5.73 Å². The third-order valence-corrected chi connectivity index (χ3v) is 4.16. The van der Waals surface area contributed by atoms with Crippen molar-refractivity contribution in [1.82, 2.24) is 10.2 Å². The number of nitrogens with zero attached hydrogens (tertiary/aromatic N) is 1. The number of carbonyl (C=O) groups is 1. The molecule has 5 nitrogen and oxygen atoms in total. The summed E-state index contributed by atoms with van der Waals surface area (Å²) in [6, 6.07) is -0.0104. The predicted molar refractivity (Wildman–Crippen MR) is 70.2 cm³/mol. The van der Waals surface area contributed by atoms with Crippen LogP contribution >= 0.6 is 0 Å². The number of nitrogens with two attached hydrogens (primary N) is 1. The van der Waals surface area contributed by atoms with Crippen molar-refractivity contribution in [3.05, 3.63) is 0 Å². The molecule has 1 aliphatic rings. The molecule has 0 bridgehead atoms. The van der Waals surface area contributed by atoms with Gasteiger partial charge in [0.2, 0.25) is 5.91 Å². The van der Waals surface area contributed by atoms with Gasteiger partial charge in [0.05, 0.1) is 6.04 Å². The molecular formula is C11H23N3O2S. The molecule has 0 aromatic rings. The Hall–Kier alpha value is -0.460. The van der Waals surface area contributed by atoms with Crippen molar-refractivity contribution < 1.29 is 9.00 Å². The van der Waals surface area contributed by atoms with Crippen molar-refractivity contribution in [1.29, 1.82) is 0 Å². The average Bonchev–Trinajstić information content (AvgIpc) is 2.25. The number of carbonyl (C=O) groups excluding carboxylic acids is 1. The summed E-state index contributed by atoms with van der Waals surface area (Å²) in [5.41, 5.74) is 5.35. The lowest BCUT2D eigenvalue weighted by molar-refractivity contribution is -0.120. The van der Waals surface area contributed by atoms with Crippen LogP contribution < -0.4 is 11.1 Å². The summed E-state index contributed by atoms with van der Waals surface area (Å²) in [7, 11) is -0.642. The van der Waals surface area contributed by atoms with Crippen molar-refractivity contribution in [3.63, 3.8) is 0 Å². The van der Waals surface area contributed by atoms with E-state index in [0.717, 1.165) is 37.6 Å². The summed E-state index contributed by atoms with van der Waals surface area (Å²) in [5, 5.41) is 3.17. The molecule has 3 N–H and O–H groups in total. The topological polar surface area (TPSA) is 75.4 Å². The van der Waals surface area contributed by atoms with Crippen molar-refractivity contribution in [2.24, 2.45) is 5.73 Å². The lowest BCUT2D eigenvalue weighted by Gasteiger charge is -2.28. The molecule has 0 aromatic heterocycles. The first-order valence-electron chi connectivity index (χ1n) is 6.11. The first kappa shape index (κ1) is 14.6. The Morgan fingerprint density at radius 3 is 2.47 bits per heavy atom. The Bertz CT molecular complexity index is 274. The van der Waals surface area contributed by atoms with E-state index >= 15 is 0 Å². The number of primary amides is 1. The molecule has 0 radical (unpaired) electrons. The van der Waals surface area contributed by atoms with Gasteiger partial charge in [0.25, 0.3) is 0 Å². The van der Waals surface area contributed by atoms with E-state index in [2.05, 4.69) is 10.2 Å². The van der Waals surface area contributed by atoms with E-state index in [0.29, 0.717) is 0 Å². The molecule has 1 heterocycles. The third kappa shape index (κ3) is 5.61. The zero-order chi connectivity index (χ0) is 12.8. The molecule has 0 spiro atoms. The molecule has 0 aliphatic carbocycles. The van der Waals surface area contributed by atoms with E-state index in [1.807, 2.05) is 13.8 Å². The highest BCUT2D eigenvalue weighted by Gasteiger charge is 2.19. The largest absolute Gasteiger partial charge is 0.368 e. The second kappa shape index (κ2) is 7.08. The fraction of sp³-hybridized carbons (Fsp3) is 0.909. The molecule has 17 heavy (non-hydrogen) atoms. The van der Waals surface area contributed by atoms with Crippen molar-refractivity contribution in [2.75, 3.05) is 31.1 Å². The summed E-state index contributed by atoms with van der Waals surface area (Å²) >= 11 is 0. The molecule has 0 aromatic carbocycles. The van der Waals surface area contributed by atoms with Crippen molar-refractivity contribution >= 4 is 16.7 Å². The summed E-state index contributed by atoms with van der Waals surface area (Å²) in [5.74, 6) is 1.21. The molecule has 6 heteroatoms. The van der Waals surface area contributed by atoms with Crippen LogP contribution in [-0.2, 0) is 15.6 Å². The van der Waals surface area contributed by atoms with E-state index in [9.17, 15) is 9.00 Å². The van der Waals surface area contributed by atoms with Gasteiger partial charge in [-0.15, -0.1) is 0 Å². The molecular weight excluding hydrogens is 238 g/mol. The summed E-state index contributed by atoms with van der Waals surface area (Å²) in [6.45, 7) is 6.56. The minimum Gasteiger partial charge on any atom is -0.368 e. The first-order valence-corrected chi connectivity index (χ1v) is 7.60. The minimum atomic E-state index is -0.642. The van der Waals surface area contributed by atoms with Crippen LogP contribution in [0, 0.1) is 0 Å². The van der Waals surface area contributed by atoms with Gasteiger partial charge in [-0.25, -0.2) is 0 Å². The van der Waals surface area contributed by atoms with Crippen LogP contribution in [0.1, 0.15) is 20.3 Å². The molecule has 1 unspecified atom stereocenters. The zero-order valence-electron chi connectivity index (χ0n) is 10.6. The molecule has 1 fully saturated rings. The number of nitrogens with one attached hydrogen (secondary N) is 1. The summed E-state index contributed by atoms with van der Waals surface area (Å²) in [4.78, 5) is 13.5. The molecule has 1 amide bonds. The zero-order valence-corrected chi connectivity index (χ0v) is 11.5. The molecule has 100 valence electrons. The smallest absolute Gasteiger partial charge is 0.234 e. The van der Waals surface area contributed by atoms with Gasteiger partial charge < -0.3 is 16.0 Å². The Morgan fingerprint density at radius 2 is 2.00 bits per heavy atom. The van der Waals surface area contributed by atoms with Gasteiger partial charge in [0.15, 0.2) is 0 Å². The molecule has 1 aliphatic heterocycles. The van der Waals surface area contributed by atoms with Gasteiger partial charge in [-0.1, -0.05) is 13.8 Å². The van der Waals surface area contributed by atoms with Gasteiger partial charge >= 0.3 is 0 Å². The molecule has 0 saturated carbocycles. The van der Waals surface area contributed by atoms with Crippen LogP contribution in [-0.4, -0.2) is 58.2 Å². The normalized spacial score (nSPS) is 20.6. The quantitative estimate of drug-likeness (QED) is 0.662. The van der Waals surface area contributed by atoms with Gasteiger partial charge in [0, 0.05) is 48.0 Å². The maximum Gasteiger partial charge on any atom is 0.234 e. The number of hydrogen-bond donors (Lipinski definition) is 2. The molecule has 1 atom stereocenters. The number of hydrogen-bond acceptors (Lipinski definition) is 4. The van der Waals surface area contributed by atoms with Gasteiger partial charge in [-0.3, -0.25) is 9.00 Å².